The van der Waals surface area contributed by atoms with Crippen molar-refractivity contribution in [3.63, 3.8) is 0 Å². The highest BCUT2D eigenvalue weighted by Gasteiger charge is 1.99. The second-order valence-corrected chi connectivity index (χ2v) is 4.72. The molecule has 0 spiro atoms. The van der Waals surface area contributed by atoms with Gasteiger partial charge in [-0.15, -0.1) is 0 Å². The van der Waals surface area contributed by atoms with Crippen molar-refractivity contribution >= 4 is 11.9 Å². The van der Waals surface area contributed by atoms with Crippen LogP contribution in [0.1, 0.15) is 21.5 Å². The van der Waals surface area contributed by atoms with Gasteiger partial charge in [-0.3, -0.25) is 4.79 Å². The zero-order chi connectivity index (χ0) is 15.1. The normalized spacial score (nSPS) is 11.1. The van der Waals surface area contributed by atoms with Crippen molar-refractivity contribution in [2.75, 3.05) is 7.11 Å². The third-order valence-corrected chi connectivity index (χ3v) is 3.10. The van der Waals surface area contributed by atoms with Crippen molar-refractivity contribution in [2.45, 2.75) is 6.92 Å². The molecule has 0 atom stereocenters. The Balaban J connectivity index is 1.96. The van der Waals surface area contributed by atoms with Crippen molar-refractivity contribution in [1.29, 1.82) is 0 Å². The van der Waals surface area contributed by atoms with Crippen LogP contribution >= 0.6 is 0 Å². The molecule has 0 radical (unpaired) electrons. The minimum Gasteiger partial charge on any atom is -0.497 e. The number of methoxy groups -OCH3 is 1. The zero-order valence-electron chi connectivity index (χ0n) is 12.2. The zero-order valence-corrected chi connectivity index (χ0v) is 12.2. The first-order valence-electron chi connectivity index (χ1n) is 6.79. The van der Waals surface area contributed by atoms with E-state index in [0.717, 1.165) is 16.9 Å². The maximum Gasteiger partial charge on any atom is 0.185 e. The molecule has 2 aromatic rings. The average Bonchev–Trinajstić information content (AvgIpc) is 2.52. The van der Waals surface area contributed by atoms with E-state index in [2.05, 4.69) is 0 Å². The SMILES string of the molecule is COc1ccc(C=CC=CC(=O)c2ccc(C)cc2)cc1. The second-order valence-electron chi connectivity index (χ2n) is 4.72. The van der Waals surface area contributed by atoms with E-state index in [9.17, 15) is 4.79 Å². The van der Waals surface area contributed by atoms with Crippen molar-refractivity contribution in [3.8, 4) is 5.75 Å². The van der Waals surface area contributed by atoms with Gasteiger partial charge in [-0.1, -0.05) is 60.2 Å². The molecule has 21 heavy (non-hydrogen) atoms. The smallest absolute Gasteiger partial charge is 0.185 e. The Bertz CT molecular complexity index is 647. The van der Waals surface area contributed by atoms with E-state index in [1.54, 1.807) is 19.3 Å². The minimum absolute atomic E-state index is 0.00869. The van der Waals surface area contributed by atoms with E-state index < -0.39 is 0 Å². The van der Waals surface area contributed by atoms with Crippen LogP contribution < -0.4 is 4.74 Å². The lowest BCUT2D eigenvalue weighted by atomic mass is 10.1. The molecule has 0 bridgehead atoms. The van der Waals surface area contributed by atoms with Gasteiger partial charge in [0.15, 0.2) is 5.78 Å². The Morgan fingerprint density at radius 2 is 1.62 bits per heavy atom. The predicted octanol–water partition coefficient (Wildman–Crippen LogP) is 4.46. The molecule has 106 valence electrons. The first-order valence-corrected chi connectivity index (χ1v) is 6.79. The molecular weight excluding hydrogens is 260 g/mol. The van der Waals surface area contributed by atoms with Gasteiger partial charge in [-0.2, -0.15) is 0 Å². The number of rotatable bonds is 5. The number of aryl methyl sites for hydroxylation is 1. The van der Waals surface area contributed by atoms with Gasteiger partial charge in [-0.25, -0.2) is 0 Å². The lowest BCUT2D eigenvalue weighted by Crippen LogP contribution is -1.93. The van der Waals surface area contributed by atoms with E-state index in [0.29, 0.717) is 5.56 Å². The van der Waals surface area contributed by atoms with Gasteiger partial charge in [0.25, 0.3) is 0 Å². The summed E-state index contributed by atoms with van der Waals surface area (Å²) in [6.07, 6.45) is 7.13. The lowest BCUT2D eigenvalue weighted by molar-refractivity contribution is 0.104. The summed E-state index contributed by atoms with van der Waals surface area (Å²) in [5.74, 6) is 0.839. The summed E-state index contributed by atoms with van der Waals surface area (Å²) in [7, 11) is 1.64. The molecule has 0 saturated heterocycles. The minimum atomic E-state index is 0.00869. The predicted molar refractivity (Wildman–Crippen MR) is 86.7 cm³/mol. The Kier molecular flexibility index (Phi) is 5.10. The number of ketones is 1. The molecule has 2 aromatic carbocycles. The molecule has 0 aromatic heterocycles. The standard InChI is InChI=1S/C19H18O2/c1-15-7-11-17(12-8-15)19(20)6-4-3-5-16-9-13-18(21-2)14-10-16/h3-14H,1-2H3. The van der Waals surface area contributed by atoms with Gasteiger partial charge in [0.2, 0.25) is 0 Å². The lowest BCUT2D eigenvalue weighted by Gasteiger charge is -1.98. The average molecular weight is 278 g/mol. The van der Waals surface area contributed by atoms with E-state index in [1.807, 2.05) is 67.6 Å². The van der Waals surface area contributed by atoms with Gasteiger partial charge in [0, 0.05) is 5.56 Å². The molecular formula is C19H18O2. The number of hydrogen-bond donors (Lipinski definition) is 0. The molecule has 0 saturated carbocycles. The number of carbonyl (C=O) groups is 1. The summed E-state index contributed by atoms with van der Waals surface area (Å²) >= 11 is 0. The van der Waals surface area contributed by atoms with E-state index in [-0.39, 0.29) is 5.78 Å². The Hall–Kier alpha value is -2.61. The monoisotopic (exact) mass is 278 g/mol. The fraction of sp³-hybridized carbons (Fsp3) is 0.105. The molecule has 0 aliphatic heterocycles. The van der Waals surface area contributed by atoms with Crippen molar-refractivity contribution in [1.82, 2.24) is 0 Å². The van der Waals surface area contributed by atoms with Crippen LogP contribution in [0.3, 0.4) is 0 Å². The van der Waals surface area contributed by atoms with Crippen LogP contribution in [-0.4, -0.2) is 12.9 Å². The van der Waals surface area contributed by atoms with E-state index in [4.69, 9.17) is 4.74 Å². The van der Waals surface area contributed by atoms with Gasteiger partial charge in [0.05, 0.1) is 7.11 Å². The highest BCUT2D eigenvalue weighted by molar-refractivity contribution is 6.04. The van der Waals surface area contributed by atoms with Gasteiger partial charge in [0.1, 0.15) is 5.75 Å². The van der Waals surface area contributed by atoms with Crippen LogP contribution in [-0.2, 0) is 0 Å². The van der Waals surface area contributed by atoms with E-state index >= 15 is 0 Å². The summed E-state index contributed by atoms with van der Waals surface area (Å²) in [5, 5.41) is 0. The fourth-order valence-corrected chi connectivity index (χ4v) is 1.84. The number of ether oxygens (including phenoxy) is 1. The van der Waals surface area contributed by atoms with Crippen LogP contribution in [0.2, 0.25) is 0 Å². The maximum absolute atomic E-state index is 11.9. The molecule has 0 amide bonds. The van der Waals surface area contributed by atoms with E-state index in [1.165, 1.54) is 0 Å². The van der Waals surface area contributed by atoms with Gasteiger partial charge < -0.3 is 4.74 Å². The van der Waals surface area contributed by atoms with Crippen LogP contribution in [0.15, 0.2) is 66.8 Å². The molecule has 0 aliphatic rings. The molecule has 0 fully saturated rings. The molecule has 2 rings (SSSR count). The summed E-state index contributed by atoms with van der Waals surface area (Å²) in [4.78, 5) is 11.9. The van der Waals surface area contributed by atoms with Crippen LogP contribution in [0, 0.1) is 6.92 Å². The summed E-state index contributed by atoms with van der Waals surface area (Å²) in [6, 6.07) is 15.3. The summed E-state index contributed by atoms with van der Waals surface area (Å²) < 4.78 is 5.10. The number of hydrogen-bond acceptors (Lipinski definition) is 2. The maximum atomic E-state index is 11.9. The summed E-state index contributed by atoms with van der Waals surface area (Å²) in [6.45, 7) is 2.00. The first kappa shape index (κ1) is 14.8. The third kappa shape index (κ3) is 4.46. The van der Waals surface area contributed by atoms with Crippen LogP contribution in [0.4, 0.5) is 0 Å². The largest absolute Gasteiger partial charge is 0.497 e. The molecule has 0 N–H and O–H groups in total. The summed E-state index contributed by atoms with van der Waals surface area (Å²) in [5.41, 5.74) is 2.91. The van der Waals surface area contributed by atoms with Crippen LogP contribution in [0.25, 0.3) is 6.08 Å². The Labute approximate surface area is 125 Å². The number of carbonyl (C=O) groups excluding carboxylic acids is 1. The Morgan fingerprint density at radius 1 is 0.952 bits per heavy atom. The van der Waals surface area contributed by atoms with Crippen molar-refractivity contribution < 1.29 is 9.53 Å². The molecule has 0 aliphatic carbocycles. The molecule has 2 heteroatoms. The number of benzene rings is 2. The van der Waals surface area contributed by atoms with Crippen molar-refractivity contribution in [2.24, 2.45) is 0 Å². The highest BCUT2D eigenvalue weighted by Crippen LogP contribution is 2.12. The fourth-order valence-electron chi connectivity index (χ4n) is 1.84. The first-order chi connectivity index (χ1) is 10.2. The van der Waals surface area contributed by atoms with Crippen LogP contribution in [0.5, 0.6) is 5.75 Å². The quantitative estimate of drug-likeness (QED) is 0.458. The Morgan fingerprint density at radius 3 is 2.24 bits per heavy atom. The second kappa shape index (κ2) is 7.25. The third-order valence-electron chi connectivity index (χ3n) is 3.10. The molecule has 2 nitrogen and oxygen atoms in total. The number of allylic oxidation sites excluding steroid dienone is 3. The molecule has 0 heterocycles. The molecule has 0 unspecified atom stereocenters. The topological polar surface area (TPSA) is 26.3 Å². The van der Waals surface area contributed by atoms with Gasteiger partial charge >= 0.3 is 0 Å². The van der Waals surface area contributed by atoms with Crippen molar-refractivity contribution in [3.05, 3.63) is 83.4 Å². The van der Waals surface area contributed by atoms with Gasteiger partial charge in [-0.05, 0) is 30.7 Å². The highest BCUT2D eigenvalue weighted by atomic mass is 16.5.